The van der Waals surface area contributed by atoms with Gasteiger partial charge in [0.1, 0.15) is 6.07 Å². The molecule has 1 atom stereocenters. The Bertz CT molecular complexity index is 607. The second kappa shape index (κ2) is 5.90. The molecule has 1 heterocycles. The molecule has 0 saturated carbocycles. The molecule has 0 saturated heterocycles. The fourth-order valence-corrected chi connectivity index (χ4v) is 3.11. The van der Waals surface area contributed by atoms with Gasteiger partial charge in [0.25, 0.3) is 0 Å². The maximum atomic E-state index is 9.13. The van der Waals surface area contributed by atoms with Crippen LogP contribution in [0.15, 0.2) is 30.3 Å². The first-order valence-corrected chi connectivity index (χ1v) is 7.22. The third-order valence-electron chi connectivity index (χ3n) is 3.00. The van der Waals surface area contributed by atoms with Crippen LogP contribution in [0.3, 0.4) is 0 Å². The summed E-state index contributed by atoms with van der Waals surface area (Å²) in [4.78, 5) is 2.72. The molecule has 2 rings (SSSR count). The molecule has 19 heavy (non-hydrogen) atoms. The Balaban J connectivity index is 2.08. The Labute approximate surface area is 118 Å². The van der Waals surface area contributed by atoms with Crippen LogP contribution in [0.1, 0.15) is 27.8 Å². The van der Waals surface area contributed by atoms with E-state index < -0.39 is 0 Å². The quantitative estimate of drug-likeness (QED) is 0.900. The van der Waals surface area contributed by atoms with Crippen molar-refractivity contribution in [2.75, 3.05) is 5.32 Å². The average molecular weight is 270 g/mol. The Kier molecular flexibility index (Phi) is 4.24. The van der Waals surface area contributed by atoms with Crippen LogP contribution in [-0.4, -0.2) is 6.04 Å². The minimum Gasteiger partial charge on any atom is -0.381 e. The fourth-order valence-electron chi connectivity index (χ4n) is 2.09. The van der Waals surface area contributed by atoms with Crippen LogP contribution in [0.2, 0.25) is 0 Å². The van der Waals surface area contributed by atoms with Gasteiger partial charge in [0, 0.05) is 22.2 Å². The summed E-state index contributed by atoms with van der Waals surface area (Å²) in [5, 5.41) is 12.6. The minimum atomic E-state index is 0.312. The highest BCUT2D eigenvalue weighted by molar-refractivity contribution is 7.11. The van der Waals surface area contributed by atoms with Gasteiger partial charge in [0.2, 0.25) is 0 Å². The number of nitrogens with one attached hydrogen (secondary N) is 1. The molecule has 3 heteroatoms. The second-order valence-electron chi connectivity index (χ2n) is 4.92. The molecule has 1 aromatic carbocycles. The Morgan fingerprint density at radius 2 is 2.05 bits per heavy atom. The smallest absolute Gasteiger partial charge is 0.101 e. The van der Waals surface area contributed by atoms with Crippen LogP contribution in [0.4, 0.5) is 5.69 Å². The Morgan fingerprint density at radius 1 is 1.26 bits per heavy atom. The van der Waals surface area contributed by atoms with Crippen molar-refractivity contribution in [3.8, 4) is 6.07 Å². The van der Waals surface area contributed by atoms with Gasteiger partial charge < -0.3 is 5.32 Å². The summed E-state index contributed by atoms with van der Waals surface area (Å²) in [7, 11) is 0. The molecule has 1 aromatic heterocycles. The molecule has 0 spiro atoms. The van der Waals surface area contributed by atoms with Crippen molar-refractivity contribution in [2.24, 2.45) is 0 Å². The van der Waals surface area contributed by atoms with Gasteiger partial charge in [0.05, 0.1) is 11.3 Å². The molecule has 0 fully saturated rings. The third-order valence-corrected chi connectivity index (χ3v) is 4.02. The summed E-state index contributed by atoms with van der Waals surface area (Å²) >= 11 is 1.83. The summed E-state index contributed by atoms with van der Waals surface area (Å²) in [5.74, 6) is 0. The molecule has 1 N–H and O–H groups in total. The highest BCUT2D eigenvalue weighted by atomic mass is 32.1. The van der Waals surface area contributed by atoms with Gasteiger partial charge in [-0.1, -0.05) is 6.07 Å². The SMILES string of the molecule is Cc1ccc(C#N)c(NC(C)Cc2ccc(C)s2)c1. The second-order valence-corrected chi connectivity index (χ2v) is 6.30. The predicted molar refractivity (Wildman–Crippen MR) is 81.7 cm³/mol. The number of anilines is 1. The van der Waals surface area contributed by atoms with Crippen molar-refractivity contribution in [3.63, 3.8) is 0 Å². The molecule has 1 unspecified atom stereocenters. The number of benzene rings is 1. The number of rotatable bonds is 4. The van der Waals surface area contributed by atoms with E-state index in [4.69, 9.17) is 5.26 Å². The average Bonchev–Trinajstić information content (AvgIpc) is 2.75. The van der Waals surface area contributed by atoms with E-state index in [1.54, 1.807) is 0 Å². The van der Waals surface area contributed by atoms with Gasteiger partial charge in [-0.15, -0.1) is 11.3 Å². The summed E-state index contributed by atoms with van der Waals surface area (Å²) < 4.78 is 0. The molecule has 0 bridgehead atoms. The van der Waals surface area contributed by atoms with E-state index in [1.807, 2.05) is 36.5 Å². The topological polar surface area (TPSA) is 35.8 Å². The number of aryl methyl sites for hydroxylation is 2. The largest absolute Gasteiger partial charge is 0.381 e. The zero-order valence-corrected chi connectivity index (χ0v) is 12.3. The zero-order valence-electron chi connectivity index (χ0n) is 11.5. The lowest BCUT2D eigenvalue weighted by molar-refractivity contribution is 0.800. The highest BCUT2D eigenvalue weighted by Gasteiger charge is 2.08. The van der Waals surface area contributed by atoms with Gasteiger partial charge >= 0.3 is 0 Å². The number of hydrogen-bond acceptors (Lipinski definition) is 3. The molecule has 0 aliphatic rings. The maximum absolute atomic E-state index is 9.13. The van der Waals surface area contributed by atoms with Crippen LogP contribution in [-0.2, 0) is 6.42 Å². The van der Waals surface area contributed by atoms with Crippen LogP contribution in [0.5, 0.6) is 0 Å². The molecular formula is C16H18N2S. The van der Waals surface area contributed by atoms with Gasteiger partial charge in [-0.25, -0.2) is 0 Å². The van der Waals surface area contributed by atoms with Gasteiger partial charge in [-0.05, 0) is 50.6 Å². The van der Waals surface area contributed by atoms with Crippen LogP contribution >= 0.6 is 11.3 Å². The summed E-state index contributed by atoms with van der Waals surface area (Å²) in [6.07, 6.45) is 0.983. The minimum absolute atomic E-state index is 0.312. The van der Waals surface area contributed by atoms with Crippen molar-refractivity contribution in [1.82, 2.24) is 0 Å². The van der Waals surface area contributed by atoms with E-state index in [-0.39, 0.29) is 0 Å². The summed E-state index contributed by atoms with van der Waals surface area (Å²) in [6.45, 7) is 6.32. The summed E-state index contributed by atoms with van der Waals surface area (Å²) in [5.41, 5.74) is 2.81. The van der Waals surface area contributed by atoms with E-state index in [1.165, 1.54) is 15.3 Å². The van der Waals surface area contributed by atoms with Gasteiger partial charge in [0.15, 0.2) is 0 Å². The van der Waals surface area contributed by atoms with Crippen molar-refractivity contribution in [3.05, 3.63) is 51.2 Å². The number of thiophene rings is 1. The third kappa shape index (κ3) is 3.59. The van der Waals surface area contributed by atoms with Crippen LogP contribution < -0.4 is 5.32 Å². The highest BCUT2D eigenvalue weighted by Crippen LogP contribution is 2.21. The molecular weight excluding hydrogens is 252 g/mol. The number of nitriles is 1. The zero-order chi connectivity index (χ0) is 13.8. The lowest BCUT2D eigenvalue weighted by Crippen LogP contribution is -2.18. The van der Waals surface area contributed by atoms with Crippen molar-refractivity contribution < 1.29 is 0 Å². The van der Waals surface area contributed by atoms with Gasteiger partial charge in [-0.3, -0.25) is 0 Å². The Hall–Kier alpha value is -1.79. The fraction of sp³-hybridized carbons (Fsp3) is 0.312. The number of hydrogen-bond donors (Lipinski definition) is 1. The molecule has 0 amide bonds. The summed E-state index contributed by atoms with van der Waals surface area (Å²) in [6, 6.07) is 12.8. The maximum Gasteiger partial charge on any atom is 0.101 e. The normalized spacial score (nSPS) is 11.9. The van der Waals surface area contributed by atoms with E-state index in [0.717, 1.165) is 12.1 Å². The molecule has 0 radical (unpaired) electrons. The number of nitrogens with zero attached hydrogens (tertiary/aromatic N) is 1. The van der Waals surface area contributed by atoms with Crippen LogP contribution in [0.25, 0.3) is 0 Å². The van der Waals surface area contributed by atoms with Crippen molar-refractivity contribution in [1.29, 1.82) is 5.26 Å². The van der Waals surface area contributed by atoms with E-state index in [9.17, 15) is 0 Å². The van der Waals surface area contributed by atoms with E-state index >= 15 is 0 Å². The first-order chi connectivity index (χ1) is 9.08. The first-order valence-electron chi connectivity index (χ1n) is 6.41. The lowest BCUT2D eigenvalue weighted by Gasteiger charge is -2.16. The van der Waals surface area contributed by atoms with E-state index in [0.29, 0.717) is 11.6 Å². The van der Waals surface area contributed by atoms with Gasteiger partial charge in [-0.2, -0.15) is 5.26 Å². The van der Waals surface area contributed by atoms with Crippen molar-refractivity contribution >= 4 is 17.0 Å². The molecule has 2 nitrogen and oxygen atoms in total. The molecule has 0 aliphatic heterocycles. The molecule has 0 aliphatic carbocycles. The Morgan fingerprint density at radius 3 is 2.68 bits per heavy atom. The lowest BCUT2D eigenvalue weighted by atomic mass is 10.1. The first kappa shape index (κ1) is 13.6. The van der Waals surface area contributed by atoms with E-state index in [2.05, 4.69) is 37.4 Å². The molecule has 98 valence electrons. The van der Waals surface area contributed by atoms with Crippen LogP contribution in [0, 0.1) is 25.2 Å². The monoisotopic (exact) mass is 270 g/mol. The standard InChI is InChI=1S/C16H18N2S/c1-11-4-6-14(10-17)16(8-11)18-12(2)9-15-7-5-13(3)19-15/h4-8,12,18H,9H2,1-3H3. The molecule has 2 aromatic rings. The van der Waals surface area contributed by atoms with Crippen molar-refractivity contribution in [2.45, 2.75) is 33.2 Å². The predicted octanol–water partition coefficient (Wildman–Crippen LogP) is 4.28.